The maximum atomic E-state index is 12.0. The highest BCUT2D eigenvalue weighted by atomic mass is 32.2. The lowest BCUT2D eigenvalue weighted by Gasteiger charge is -2.32. The predicted molar refractivity (Wildman–Crippen MR) is 106 cm³/mol. The summed E-state index contributed by atoms with van der Waals surface area (Å²) in [4.78, 5) is 8.47. The van der Waals surface area contributed by atoms with E-state index in [2.05, 4.69) is 9.97 Å². The topological polar surface area (TPSA) is 114 Å². The molecule has 3 rings (SSSR count). The van der Waals surface area contributed by atoms with E-state index >= 15 is 0 Å². The van der Waals surface area contributed by atoms with Crippen molar-refractivity contribution in [2.45, 2.75) is 50.7 Å². The van der Waals surface area contributed by atoms with Crippen molar-refractivity contribution in [2.75, 3.05) is 6.61 Å². The molecule has 2 N–H and O–H groups in total. The Morgan fingerprint density at radius 1 is 1.18 bits per heavy atom. The van der Waals surface area contributed by atoms with Crippen molar-refractivity contribution in [3.8, 4) is 17.1 Å². The van der Waals surface area contributed by atoms with Gasteiger partial charge in [-0.2, -0.15) is 0 Å². The monoisotopic (exact) mass is 405 g/mol. The van der Waals surface area contributed by atoms with E-state index < -0.39 is 28.3 Å². The van der Waals surface area contributed by atoms with Gasteiger partial charge in [0.1, 0.15) is 4.90 Å². The van der Waals surface area contributed by atoms with E-state index in [-0.39, 0.29) is 16.5 Å². The molecule has 0 atom stereocenters. The minimum atomic E-state index is -3.99. The van der Waals surface area contributed by atoms with Crippen molar-refractivity contribution in [3.63, 3.8) is 0 Å². The summed E-state index contributed by atoms with van der Waals surface area (Å²) in [7, 11) is -4.65. The molecule has 0 radical (unpaired) electrons. The summed E-state index contributed by atoms with van der Waals surface area (Å²) in [5, 5.41) is 5.37. The second kappa shape index (κ2) is 7.11. The Bertz CT molecular complexity index is 978. The number of primary sulfonamides is 1. The number of nitrogens with zero attached hydrogens (tertiary/aromatic N) is 2. The number of sulfonamides is 1. The maximum absolute atomic E-state index is 12.0. The summed E-state index contributed by atoms with van der Waals surface area (Å²) in [5.41, 5.74) is 0.154. The highest BCUT2D eigenvalue weighted by Gasteiger charge is 2.52. The van der Waals surface area contributed by atoms with Gasteiger partial charge in [0.25, 0.3) is 0 Å². The summed E-state index contributed by atoms with van der Waals surface area (Å²) in [6.07, 6.45) is 3.08. The molecule has 1 saturated heterocycles. The Hall–Kier alpha value is -2.01. The fourth-order valence-corrected chi connectivity index (χ4v) is 3.52. The molecule has 28 heavy (non-hydrogen) atoms. The lowest BCUT2D eigenvalue weighted by molar-refractivity contribution is 0.00578. The predicted octanol–water partition coefficient (Wildman–Crippen LogP) is 1.49. The molecular formula is C18H24BN3O5S. The molecule has 0 bridgehead atoms. The Balaban J connectivity index is 2.14. The average molecular weight is 405 g/mol. The smallest absolute Gasteiger partial charge is 0.477 e. The lowest BCUT2D eigenvalue weighted by atomic mass is 9.79. The van der Waals surface area contributed by atoms with Crippen molar-refractivity contribution in [1.82, 2.24) is 9.97 Å². The first-order chi connectivity index (χ1) is 13.0. The van der Waals surface area contributed by atoms with Crippen molar-refractivity contribution in [3.05, 3.63) is 30.6 Å². The molecule has 0 unspecified atom stereocenters. The van der Waals surface area contributed by atoms with Crippen LogP contribution in [0.4, 0.5) is 0 Å². The van der Waals surface area contributed by atoms with Crippen LogP contribution in [-0.4, -0.2) is 43.3 Å². The minimum absolute atomic E-state index is 0.108. The molecular weight excluding hydrogens is 381 g/mol. The van der Waals surface area contributed by atoms with Crippen LogP contribution >= 0.6 is 0 Å². The van der Waals surface area contributed by atoms with Gasteiger partial charge in [0.15, 0.2) is 0 Å². The zero-order valence-electron chi connectivity index (χ0n) is 16.6. The highest BCUT2D eigenvalue weighted by molar-refractivity contribution is 7.89. The second-order valence-corrected chi connectivity index (χ2v) is 9.07. The molecule has 2 aromatic heterocycles. The van der Waals surface area contributed by atoms with Crippen LogP contribution in [0.2, 0.25) is 0 Å². The van der Waals surface area contributed by atoms with Crippen LogP contribution in [0.5, 0.6) is 5.88 Å². The molecule has 0 amide bonds. The van der Waals surface area contributed by atoms with Crippen LogP contribution in [0.25, 0.3) is 11.3 Å². The van der Waals surface area contributed by atoms with Crippen molar-refractivity contribution >= 4 is 22.6 Å². The van der Waals surface area contributed by atoms with Crippen LogP contribution in [0.1, 0.15) is 34.6 Å². The first-order valence-electron chi connectivity index (χ1n) is 8.93. The lowest BCUT2D eigenvalue weighted by Crippen LogP contribution is -2.41. The minimum Gasteiger partial charge on any atom is -0.477 e. The van der Waals surface area contributed by atoms with Crippen molar-refractivity contribution in [1.29, 1.82) is 0 Å². The highest BCUT2D eigenvalue weighted by Crippen LogP contribution is 2.37. The SMILES string of the molecule is CCOc1ncc(B2OC(C)(C)C(C)(C)O2)cc1-c1ncccc1S(N)(=O)=O. The number of hydrogen-bond acceptors (Lipinski definition) is 7. The number of ether oxygens (including phenoxy) is 1. The van der Waals surface area contributed by atoms with Crippen molar-refractivity contribution < 1.29 is 22.5 Å². The summed E-state index contributed by atoms with van der Waals surface area (Å²) in [6.45, 7) is 9.98. The third-order valence-electron chi connectivity index (χ3n) is 5.01. The van der Waals surface area contributed by atoms with E-state index in [1.165, 1.54) is 18.3 Å². The Labute approximate surface area is 165 Å². The van der Waals surface area contributed by atoms with Gasteiger partial charge in [-0.1, -0.05) is 0 Å². The molecule has 0 saturated carbocycles. The average Bonchev–Trinajstić information content (AvgIpc) is 2.82. The van der Waals surface area contributed by atoms with Gasteiger partial charge in [-0.05, 0) is 52.8 Å². The van der Waals surface area contributed by atoms with Crippen LogP contribution in [0.15, 0.2) is 35.5 Å². The van der Waals surface area contributed by atoms with Gasteiger partial charge in [-0.15, -0.1) is 0 Å². The summed E-state index contributed by atoms with van der Waals surface area (Å²) in [5.74, 6) is 0.256. The molecule has 0 aromatic carbocycles. The van der Waals surface area contributed by atoms with E-state index in [0.717, 1.165) is 0 Å². The molecule has 10 heteroatoms. The molecule has 0 aliphatic carbocycles. The largest absolute Gasteiger partial charge is 0.496 e. The normalized spacial score (nSPS) is 18.3. The number of pyridine rings is 2. The molecule has 1 aliphatic rings. The molecule has 1 aliphatic heterocycles. The number of aromatic nitrogens is 2. The van der Waals surface area contributed by atoms with Gasteiger partial charge >= 0.3 is 7.12 Å². The molecule has 8 nitrogen and oxygen atoms in total. The zero-order valence-corrected chi connectivity index (χ0v) is 17.4. The Morgan fingerprint density at radius 2 is 1.82 bits per heavy atom. The molecule has 3 heterocycles. The van der Waals surface area contributed by atoms with E-state index in [0.29, 0.717) is 17.6 Å². The summed E-state index contributed by atoms with van der Waals surface area (Å²) < 4.78 is 41.8. The molecule has 1 fully saturated rings. The zero-order chi connectivity index (χ0) is 20.7. The van der Waals surface area contributed by atoms with Crippen LogP contribution in [-0.2, 0) is 19.3 Å². The molecule has 150 valence electrons. The standard InChI is InChI=1S/C18H24BN3O5S/c1-6-25-16-13(15-14(28(20,23)24)8-7-9-21-15)10-12(11-22-16)19-26-17(2,3)18(4,5)27-19/h7-11H,6H2,1-5H3,(H2,20,23,24). The number of rotatable bonds is 5. The fraction of sp³-hybridized carbons (Fsp3) is 0.444. The van der Waals surface area contributed by atoms with E-state index in [9.17, 15) is 8.42 Å². The van der Waals surface area contributed by atoms with Gasteiger partial charge in [-0.3, -0.25) is 4.98 Å². The van der Waals surface area contributed by atoms with Gasteiger partial charge in [0, 0.05) is 17.9 Å². The molecule has 2 aromatic rings. The van der Waals surface area contributed by atoms with Crippen molar-refractivity contribution in [2.24, 2.45) is 5.14 Å². The van der Waals surface area contributed by atoms with Crippen LogP contribution in [0, 0.1) is 0 Å². The quantitative estimate of drug-likeness (QED) is 0.750. The summed E-state index contributed by atoms with van der Waals surface area (Å²) in [6, 6.07) is 4.63. The number of nitrogens with two attached hydrogens (primary N) is 1. The Kier molecular flexibility index (Phi) is 5.26. The third-order valence-corrected chi connectivity index (χ3v) is 5.95. The van der Waals surface area contributed by atoms with Crippen LogP contribution < -0.4 is 15.3 Å². The van der Waals surface area contributed by atoms with E-state index in [1.807, 2.05) is 34.6 Å². The van der Waals surface area contributed by atoms with Crippen LogP contribution in [0.3, 0.4) is 0 Å². The Morgan fingerprint density at radius 3 is 2.39 bits per heavy atom. The first kappa shape index (κ1) is 20.7. The maximum Gasteiger partial charge on any atom is 0.496 e. The van der Waals surface area contributed by atoms with Gasteiger partial charge in [0.05, 0.1) is 29.1 Å². The second-order valence-electron chi connectivity index (χ2n) is 7.54. The fourth-order valence-electron chi connectivity index (χ4n) is 2.82. The third kappa shape index (κ3) is 3.77. The first-order valence-corrected chi connectivity index (χ1v) is 10.5. The van der Waals surface area contributed by atoms with Gasteiger partial charge < -0.3 is 14.0 Å². The molecule has 0 spiro atoms. The van der Waals surface area contributed by atoms with Gasteiger partial charge in [0.2, 0.25) is 15.9 Å². The summed E-state index contributed by atoms with van der Waals surface area (Å²) >= 11 is 0. The van der Waals surface area contributed by atoms with Gasteiger partial charge in [-0.25, -0.2) is 18.5 Å². The van der Waals surface area contributed by atoms with E-state index in [4.69, 9.17) is 19.2 Å². The van der Waals surface area contributed by atoms with E-state index in [1.54, 1.807) is 12.3 Å². The number of hydrogen-bond donors (Lipinski definition) is 1.